The molecular formula is C46H36N6Na2O18S4. The van der Waals surface area contributed by atoms with E-state index in [1.54, 1.807) is 0 Å². The molecule has 384 valence electrons. The van der Waals surface area contributed by atoms with Gasteiger partial charge in [-0.3, -0.25) is 37.9 Å². The molecule has 30 heteroatoms. The number of hydrogen-bond acceptors (Lipinski definition) is 20. The van der Waals surface area contributed by atoms with Crippen molar-refractivity contribution in [2.75, 3.05) is 46.0 Å². The van der Waals surface area contributed by atoms with Crippen molar-refractivity contribution in [2.24, 2.45) is 0 Å². The number of hydrogen-bond donors (Lipinski definition) is 6. The Kier molecular flexibility index (Phi) is 17.6. The maximum atomic E-state index is 13.4. The van der Waals surface area contributed by atoms with Crippen molar-refractivity contribution in [3.63, 3.8) is 0 Å². The minimum atomic E-state index is -5.26. The maximum Gasteiger partial charge on any atom is 1.00 e. The average Bonchev–Trinajstić information content (AvgIpc) is 3.31. The van der Waals surface area contributed by atoms with Crippen LogP contribution in [0.4, 0.5) is 45.5 Å². The van der Waals surface area contributed by atoms with Gasteiger partial charge in [0.15, 0.2) is 23.1 Å². The van der Waals surface area contributed by atoms with Crippen LogP contribution in [0.15, 0.2) is 117 Å². The van der Waals surface area contributed by atoms with Gasteiger partial charge in [-0.15, -0.1) is 0 Å². The number of nitrogens with zero attached hydrogens (tertiary/aromatic N) is 2. The average molecular weight is 1140 g/mol. The predicted molar refractivity (Wildman–Crippen MR) is 261 cm³/mol. The molecule has 8 N–H and O–H groups in total. The van der Waals surface area contributed by atoms with Crippen LogP contribution in [0.25, 0.3) is 0 Å². The van der Waals surface area contributed by atoms with Gasteiger partial charge in [0.1, 0.15) is 30.0 Å². The van der Waals surface area contributed by atoms with Gasteiger partial charge in [-0.05, 0) is 48.5 Å². The third kappa shape index (κ3) is 11.5. The van der Waals surface area contributed by atoms with E-state index in [2.05, 4.69) is 10.6 Å². The number of nitrogens with two attached hydrogens (primary N) is 2. The molecule has 76 heavy (non-hydrogen) atoms. The molecule has 6 aromatic carbocycles. The van der Waals surface area contributed by atoms with E-state index in [1.165, 1.54) is 88.6 Å². The number of ketones is 4. The van der Waals surface area contributed by atoms with Crippen LogP contribution < -0.4 is 91.0 Å². The number of nitrogen functional groups attached to an aromatic ring is 2. The van der Waals surface area contributed by atoms with Crippen LogP contribution in [-0.2, 0) is 50.1 Å². The Morgan fingerprint density at radius 1 is 0.461 bits per heavy atom. The molecule has 0 saturated heterocycles. The zero-order valence-electron chi connectivity index (χ0n) is 40.3. The number of amides is 2. The number of anilines is 8. The zero-order valence-corrected chi connectivity index (χ0v) is 47.6. The number of carbonyl (C=O) groups excluding carboxylic acids is 6. The molecular weight excluding hydrogens is 1100 g/mol. The Bertz CT molecular complexity index is 3770. The minimum absolute atomic E-state index is 0. The van der Waals surface area contributed by atoms with E-state index in [-0.39, 0.29) is 115 Å². The fraction of sp³-hybridized carbons (Fsp3) is 0.0870. The SMILES string of the molecule is CC(=O)N(C)c1ccc(Nc2cc(S(=O)(=O)[O-])c(N)c3c2C(=O)c2ccccc2C3=O)c(S(=O)(=O)O)c1.CC(=O)N(C)c1ccc(Nc2cc(S(=O)(=O)[O-])c(N)c3c2C(=O)c2ccccc2C3=O)c(S(=O)(=O)O)c1.[Na+].[Na+]. The van der Waals surface area contributed by atoms with Gasteiger partial charge < -0.3 is 41.0 Å². The van der Waals surface area contributed by atoms with Gasteiger partial charge in [0.25, 0.3) is 20.2 Å². The monoisotopic (exact) mass is 1130 g/mol. The van der Waals surface area contributed by atoms with E-state index >= 15 is 0 Å². The van der Waals surface area contributed by atoms with Gasteiger partial charge in [-0.2, -0.15) is 16.8 Å². The molecule has 8 rings (SSSR count). The molecule has 0 radical (unpaired) electrons. The Morgan fingerprint density at radius 2 is 0.737 bits per heavy atom. The van der Waals surface area contributed by atoms with E-state index in [0.717, 1.165) is 46.2 Å². The van der Waals surface area contributed by atoms with Gasteiger partial charge in [-0.25, -0.2) is 16.8 Å². The van der Waals surface area contributed by atoms with Gasteiger partial charge in [0.05, 0.1) is 66.2 Å². The number of fused-ring (bicyclic) bond motifs is 4. The Balaban J connectivity index is 0.000000274. The van der Waals surface area contributed by atoms with Gasteiger partial charge in [0, 0.05) is 61.6 Å². The van der Waals surface area contributed by atoms with Crippen LogP contribution in [0.2, 0.25) is 0 Å². The van der Waals surface area contributed by atoms with Crippen LogP contribution in [0, 0.1) is 0 Å². The maximum absolute atomic E-state index is 13.4. The van der Waals surface area contributed by atoms with Crippen molar-refractivity contribution in [2.45, 2.75) is 33.4 Å². The first kappa shape index (κ1) is 60.6. The molecule has 24 nitrogen and oxygen atoms in total. The molecule has 0 atom stereocenters. The number of rotatable bonds is 10. The summed E-state index contributed by atoms with van der Waals surface area (Å²) in [6.45, 7) is 2.45. The second-order valence-corrected chi connectivity index (χ2v) is 21.7. The topological polar surface area (TPSA) is 408 Å². The third-order valence-electron chi connectivity index (χ3n) is 11.7. The number of nitrogens with one attached hydrogen (secondary N) is 2. The molecule has 0 aliphatic heterocycles. The summed E-state index contributed by atoms with van der Waals surface area (Å²) in [6, 6.07) is 19.7. The summed E-state index contributed by atoms with van der Waals surface area (Å²) in [7, 11) is -17.7. The van der Waals surface area contributed by atoms with Gasteiger partial charge in [0.2, 0.25) is 11.8 Å². The van der Waals surface area contributed by atoms with E-state index in [1.807, 2.05) is 0 Å². The minimum Gasteiger partial charge on any atom is -0.744 e. The summed E-state index contributed by atoms with van der Waals surface area (Å²) in [4.78, 5) is 75.4. The molecule has 2 amide bonds. The summed E-state index contributed by atoms with van der Waals surface area (Å²) in [6.07, 6.45) is 0. The molecule has 0 fully saturated rings. The fourth-order valence-corrected chi connectivity index (χ4v) is 10.5. The molecule has 6 aromatic rings. The predicted octanol–water partition coefficient (Wildman–Crippen LogP) is -2.15. The Morgan fingerprint density at radius 3 is 0.987 bits per heavy atom. The quantitative estimate of drug-likeness (QED) is 0.0483. The van der Waals surface area contributed by atoms with Crippen LogP contribution in [0.5, 0.6) is 0 Å². The second-order valence-electron chi connectivity index (χ2n) is 16.2. The van der Waals surface area contributed by atoms with Crippen LogP contribution >= 0.6 is 0 Å². The molecule has 0 heterocycles. The first-order valence-electron chi connectivity index (χ1n) is 20.7. The van der Waals surface area contributed by atoms with Crippen LogP contribution in [0.3, 0.4) is 0 Å². The summed E-state index contributed by atoms with van der Waals surface area (Å²) in [5.74, 6) is -3.99. The van der Waals surface area contributed by atoms with Crippen LogP contribution in [-0.4, -0.2) is 101 Å². The van der Waals surface area contributed by atoms with Crippen molar-refractivity contribution >= 4 is 121 Å². The summed E-state index contributed by atoms with van der Waals surface area (Å²) in [5, 5.41) is 5.10. The number of benzene rings is 6. The standard InChI is InChI=1S/2C23H19N3O9S2.2Na/c2*1-11(27)26(2)12-7-8-15(17(9-12)36(30,31)32)25-16-10-18(37(33,34)35)21(24)20-19(16)22(28)13-5-3-4-6-14(13)23(20)29;;/h2*3-10,25H,24H2,1-2H3,(H,30,31,32)(H,33,34,35);;/q;;2*+1/p-2. The first-order chi connectivity index (χ1) is 34.2. The number of carbonyl (C=O) groups is 6. The summed E-state index contributed by atoms with van der Waals surface area (Å²) < 4.78 is 140. The molecule has 0 saturated carbocycles. The second kappa shape index (κ2) is 22.0. The van der Waals surface area contributed by atoms with Gasteiger partial charge >= 0.3 is 59.1 Å². The smallest absolute Gasteiger partial charge is 0.744 e. The molecule has 0 spiro atoms. The molecule has 0 unspecified atom stereocenters. The first-order valence-corrected chi connectivity index (χ1v) is 26.4. The zero-order chi connectivity index (χ0) is 54.9. The largest absolute Gasteiger partial charge is 1.00 e. The Labute approximate surface area is 477 Å². The van der Waals surface area contributed by atoms with E-state index in [4.69, 9.17) is 11.5 Å². The third-order valence-corrected chi connectivity index (χ3v) is 15.2. The van der Waals surface area contributed by atoms with Crippen LogP contribution in [0.1, 0.15) is 77.5 Å². The van der Waals surface area contributed by atoms with Crippen molar-refractivity contribution in [1.82, 2.24) is 0 Å². The summed E-state index contributed by atoms with van der Waals surface area (Å²) >= 11 is 0. The van der Waals surface area contributed by atoms with Crippen molar-refractivity contribution < 1.29 is 140 Å². The molecule has 2 aliphatic carbocycles. The van der Waals surface area contributed by atoms with Crippen molar-refractivity contribution in [3.8, 4) is 0 Å². The van der Waals surface area contributed by atoms with E-state index < -0.39 is 129 Å². The van der Waals surface area contributed by atoms with Crippen molar-refractivity contribution in [3.05, 3.63) is 142 Å². The summed E-state index contributed by atoms with van der Waals surface area (Å²) in [5.41, 5.74) is 6.98. The molecule has 0 bridgehead atoms. The van der Waals surface area contributed by atoms with E-state index in [9.17, 15) is 80.6 Å². The fourth-order valence-electron chi connectivity index (χ4n) is 7.92. The molecule has 2 aliphatic rings. The normalized spacial score (nSPS) is 12.7. The van der Waals surface area contributed by atoms with E-state index in [0.29, 0.717) is 0 Å². The van der Waals surface area contributed by atoms with Gasteiger partial charge in [-0.1, -0.05) is 48.5 Å². The van der Waals surface area contributed by atoms with Crippen molar-refractivity contribution in [1.29, 1.82) is 0 Å². The molecule has 0 aromatic heterocycles. The Hall–Kier alpha value is -6.22.